The fourth-order valence-electron chi connectivity index (χ4n) is 1.27. The standard InChI is InChI=1S/C9H17N5O/c1-14-12-9(11-13-14)6-10-4-5-15-7-8-2-3-8/h8,10H,2-7H2,1H3. The van der Waals surface area contributed by atoms with E-state index in [0.717, 1.165) is 31.5 Å². The van der Waals surface area contributed by atoms with Gasteiger partial charge < -0.3 is 10.1 Å². The molecule has 0 aliphatic heterocycles. The van der Waals surface area contributed by atoms with Gasteiger partial charge in [-0.1, -0.05) is 0 Å². The zero-order chi connectivity index (χ0) is 10.5. The molecule has 15 heavy (non-hydrogen) atoms. The first kappa shape index (κ1) is 10.5. The number of hydrogen-bond donors (Lipinski definition) is 1. The van der Waals surface area contributed by atoms with Crippen LogP contribution in [0.25, 0.3) is 0 Å². The maximum Gasteiger partial charge on any atom is 0.188 e. The minimum Gasteiger partial charge on any atom is -0.380 e. The summed E-state index contributed by atoms with van der Waals surface area (Å²) in [6.45, 7) is 3.17. The van der Waals surface area contributed by atoms with Crippen molar-refractivity contribution < 1.29 is 4.74 Å². The smallest absolute Gasteiger partial charge is 0.188 e. The van der Waals surface area contributed by atoms with Gasteiger partial charge in [0, 0.05) is 13.2 Å². The van der Waals surface area contributed by atoms with Crippen LogP contribution in [0.15, 0.2) is 0 Å². The molecule has 0 spiro atoms. The number of ether oxygens (including phenoxy) is 1. The van der Waals surface area contributed by atoms with Crippen LogP contribution in [0.4, 0.5) is 0 Å². The lowest BCUT2D eigenvalue weighted by atomic mass is 10.5. The highest BCUT2D eigenvalue weighted by atomic mass is 16.5. The average Bonchev–Trinajstić information content (AvgIpc) is 2.95. The van der Waals surface area contributed by atoms with Crippen LogP contribution in [0.3, 0.4) is 0 Å². The number of nitrogens with one attached hydrogen (secondary N) is 1. The Bertz CT molecular complexity index is 296. The summed E-state index contributed by atoms with van der Waals surface area (Å²) in [5.41, 5.74) is 0. The van der Waals surface area contributed by atoms with E-state index >= 15 is 0 Å². The Labute approximate surface area is 89.0 Å². The second-order valence-electron chi connectivity index (χ2n) is 3.89. The van der Waals surface area contributed by atoms with E-state index in [4.69, 9.17) is 4.74 Å². The van der Waals surface area contributed by atoms with Crippen molar-refractivity contribution in [2.75, 3.05) is 19.8 Å². The first-order valence-electron chi connectivity index (χ1n) is 5.36. The van der Waals surface area contributed by atoms with Crippen LogP contribution in [-0.4, -0.2) is 40.0 Å². The molecule has 1 aliphatic rings. The molecular weight excluding hydrogens is 194 g/mol. The predicted molar refractivity (Wildman–Crippen MR) is 54.0 cm³/mol. The number of tetrazole rings is 1. The van der Waals surface area contributed by atoms with Gasteiger partial charge in [0.05, 0.1) is 20.2 Å². The van der Waals surface area contributed by atoms with Gasteiger partial charge in [-0.25, -0.2) is 0 Å². The molecule has 84 valence electrons. The molecule has 1 heterocycles. The van der Waals surface area contributed by atoms with Crippen molar-refractivity contribution in [3.8, 4) is 0 Å². The first-order chi connectivity index (χ1) is 7.34. The Kier molecular flexibility index (Phi) is 3.63. The predicted octanol–water partition coefficient (Wildman–Crippen LogP) is -0.274. The Balaban J connectivity index is 1.47. The summed E-state index contributed by atoms with van der Waals surface area (Å²) in [6, 6.07) is 0. The molecule has 0 radical (unpaired) electrons. The quantitative estimate of drug-likeness (QED) is 0.629. The van der Waals surface area contributed by atoms with Gasteiger partial charge in [-0.15, -0.1) is 10.2 Å². The van der Waals surface area contributed by atoms with E-state index in [-0.39, 0.29) is 0 Å². The minimum atomic E-state index is 0.653. The molecule has 1 fully saturated rings. The third-order valence-corrected chi connectivity index (χ3v) is 2.31. The van der Waals surface area contributed by atoms with Gasteiger partial charge >= 0.3 is 0 Å². The summed E-state index contributed by atoms with van der Waals surface area (Å²) >= 11 is 0. The highest BCUT2D eigenvalue weighted by molar-refractivity contribution is 4.75. The van der Waals surface area contributed by atoms with E-state index in [1.807, 2.05) is 0 Å². The maximum atomic E-state index is 5.48. The SMILES string of the molecule is Cn1nnc(CNCCOCC2CC2)n1. The van der Waals surface area contributed by atoms with Gasteiger partial charge in [-0.2, -0.15) is 4.80 Å². The van der Waals surface area contributed by atoms with Crippen molar-refractivity contribution in [3.63, 3.8) is 0 Å². The highest BCUT2D eigenvalue weighted by Gasteiger charge is 2.20. The molecule has 0 unspecified atom stereocenters. The van der Waals surface area contributed by atoms with E-state index in [9.17, 15) is 0 Å². The Morgan fingerprint density at radius 3 is 3.07 bits per heavy atom. The first-order valence-corrected chi connectivity index (χ1v) is 5.36. The van der Waals surface area contributed by atoms with E-state index in [1.165, 1.54) is 17.6 Å². The van der Waals surface area contributed by atoms with Crippen molar-refractivity contribution in [1.82, 2.24) is 25.5 Å². The highest BCUT2D eigenvalue weighted by Crippen LogP contribution is 2.28. The van der Waals surface area contributed by atoms with Crippen molar-refractivity contribution in [3.05, 3.63) is 5.82 Å². The lowest BCUT2D eigenvalue weighted by Gasteiger charge is -2.03. The molecule has 0 saturated heterocycles. The number of hydrogen-bond acceptors (Lipinski definition) is 5. The van der Waals surface area contributed by atoms with E-state index < -0.39 is 0 Å². The lowest BCUT2D eigenvalue weighted by molar-refractivity contribution is 0.126. The number of aryl methyl sites for hydroxylation is 1. The van der Waals surface area contributed by atoms with Gasteiger partial charge in [0.15, 0.2) is 5.82 Å². The van der Waals surface area contributed by atoms with Crippen LogP contribution >= 0.6 is 0 Å². The molecule has 0 atom stereocenters. The van der Waals surface area contributed by atoms with Crippen LogP contribution < -0.4 is 5.32 Å². The van der Waals surface area contributed by atoms with Crippen molar-refractivity contribution in [1.29, 1.82) is 0 Å². The Hall–Kier alpha value is -1.01. The van der Waals surface area contributed by atoms with Crippen molar-refractivity contribution >= 4 is 0 Å². The average molecular weight is 211 g/mol. The zero-order valence-corrected chi connectivity index (χ0v) is 9.02. The topological polar surface area (TPSA) is 64.9 Å². The molecule has 1 aliphatic carbocycles. The molecule has 1 aromatic heterocycles. The fourth-order valence-corrected chi connectivity index (χ4v) is 1.27. The van der Waals surface area contributed by atoms with Gasteiger partial charge in [0.25, 0.3) is 0 Å². The number of rotatable bonds is 7. The summed E-state index contributed by atoms with van der Waals surface area (Å²) in [5, 5.41) is 14.9. The lowest BCUT2D eigenvalue weighted by Crippen LogP contribution is -2.20. The molecule has 0 amide bonds. The monoisotopic (exact) mass is 211 g/mol. The molecule has 1 saturated carbocycles. The number of aromatic nitrogens is 4. The van der Waals surface area contributed by atoms with Crippen LogP contribution in [-0.2, 0) is 18.3 Å². The summed E-state index contributed by atoms with van der Waals surface area (Å²) in [4.78, 5) is 1.46. The third kappa shape index (κ3) is 3.93. The molecular formula is C9H17N5O. The van der Waals surface area contributed by atoms with Gasteiger partial charge in [-0.3, -0.25) is 0 Å². The van der Waals surface area contributed by atoms with Crippen LogP contribution in [0.1, 0.15) is 18.7 Å². The van der Waals surface area contributed by atoms with E-state index in [0.29, 0.717) is 6.54 Å². The molecule has 1 N–H and O–H groups in total. The Morgan fingerprint density at radius 2 is 2.40 bits per heavy atom. The largest absolute Gasteiger partial charge is 0.380 e. The van der Waals surface area contributed by atoms with Crippen molar-refractivity contribution in [2.45, 2.75) is 19.4 Å². The van der Waals surface area contributed by atoms with Crippen LogP contribution in [0, 0.1) is 5.92 Å². The van der Waals surface area contributed by atoms with E-state index in [1.54, 1.807) is 7.05 Å². The fraction of sp³-hybridized carbons (Fsp3) is 0.889. The van der Waals surface area contributed by atoms with E-state index in [2.05, 4.69) is 20.7 Å². The normalized spacial score (nSPS) is 15.8. The molecule has 6 heteroatoms. The maximum absolute atomic E-state index is 5.48. The third-order valence-electron chi connectivity index (χ3n) is 2.31. The van der Waals surface area contributed by atoms with Crippen LogP contribution in [0.2, 0.25) is 0 Å². The zero-order valence-electron chi connectivity index (χ0n) is 9.02. The summed E-state index contributed by atoms with van der Waals surface area (Å²) in [7, 11) is 1.76. The molecule has 0 bridgehead atoms. The summed E-state index contributed by atoms with van der Waals surface area (Å²) in [5.74, 6) is 1.56. The van der Waals surface area contributed by atoms with Gasteiger partial charge in [0.2, 0.25) is 0 Å². The second-order valence-corrected chi connectivity index (χ2v) is 3.89. The second kappa shape index (κ2) is 5.18. The minimum absolute atomic E-state index is 0.653. The Morgan fingerprint density at radius 1 is 1.53 bits per heavy atom. The summed E-state index contributed by atoms with van der Waals surface area (Å²) in [6.07, 6.45) is 2.69. The number of nitrogens with zero attached hydrogens (tertiary/aromatic N) is 4. The molecule has 1 aromatic rings. The summed E-state index contributed by atoms with van der Waals surface area (Å²) < 4.78 is 5.48. The van der Waals surface area contributed by atoms with Gasteiger partial charge in [0.1, 0.15) is 0 Å². The van der Waals surface area contributed by atoms with Crippen LogP contribution in [0.5, 0.6) is 0 Å². The van der Waals surface area contributed by atoms with Gasteiger partial charge in [-0.05, 0) is 24.0 Å². The molecule has 0 aromatic carbocycles. The van der Waals surface area contributed by atoms with Crippen molar-refractivity contribution in [2.24, 2.45) is 13.0 Å². The molecule has 2 rings (SSSR count). The molecule has 6 nitrogen and oxygen atoms in total.